The molecule has 4 heterocycles. The van der Waals surface area contributed by atoms with E-state index >= 15 is 0 Å². The van der Waals surface area contributed by atoms with Gasteiger partial charge in [-0.1, -0.05) is 0 Å². The van der Waals surface area contributed by atoms with Gasteiger partial charge in [0.2, 0.25) is 5.91 Å². The lowest BCUT2D eigenvalue weighted by Gasteiger charge is -2.39. The van der Waals surface area contributed by atoms with Crippen LogP contribution in [0.5, 0.6) is 0 Å². The van der Waals surface area contributed by atoms with Crippen LogP contribution in [0.4, 0.5) is 5.69 Å². The van der Waals surface area contributed by atoms with Crippen LogP contribution in [-0.4, -0.2) is 53.1 Å². The number of nitrogens with one attached hydrogen (secondary N) is 4. The van der Waals surface area contributed by atoms with Crippen molar-refractivity contribution in [3.63, 3.8) is 0 Å². The summed E-state index contributed by atoms with van der Waals surface area (Å²) in [7, 11) is 1.89. The highest BCUT2D eigenvalue weighted by Gasteiger charge is 2.57. The number of amides is 1. The second kappa shape index (κ2) is 7.66. The van der Waals surface area contributed by atoms with Gasteiger partial charge in [-0.25, -0.2) is 4.99 Å². The summed E-state index contributed by atoms with van der Waals surface area (Å²) < 4.78 is 1.81. The molecule has 3 aliphatic carbocycles. The third-order valence-electron chi connectivity index (χ3n) is 9.67. The Bertz CT molecular complexity index is 1240. The summed E-state index contributed by atoms with van der Waals surface area (Å²) in [6, 6.07) is 1.80. The monoisotopic (exact) mass is 493 g/mol. The number of aliphatic imine (C=N–C) groups is 1. The molecule has 192 valence electrons. The molecule has 6 aliphatic rings. The predicted molar refractivity (Wildman–Crippen MR) is 135 cm³/mol. The van der Waals surface area contributed by atoms with Crippen LogP contribution in [0.2, 0.25) is 0 Å². The maximum absolute atomic E-state index is 13.8. The quantitative estimate of drug-likeness (QED) is 0.424. The van der Waals surface area contributed by atoms with Crippen LogP contribution < -0.4 is 26.8 Å². The van der Waals surface area contributed by atoms with Crippen LogP contribution in [0.25, 0.3) is 0 Å². The molecular weight excluding hydrogens is 458 g/mol. The number of hydrogen-bond acceptors (Lipinski definition) is 8. The van der Waals surface area contributed by atoms with Gasteiger partial charge in [-0.15, -0.1) is 0 Å². The largest absolute Gasteiger partial charge is 0.373 e. The highest BCUT2D eigenvalue weighted by atomic mass is 16.3. The molecule has 0 aromatic carbocycles. The topological polar surface area (TPSA) is 123 Å². The lowest BCUT2D eigenvalue weighted by atomic mass is 9.79. The normalized spacial score (nSPS) is 32.6. The highest BCUT2D eigenvalue weighted by molar-refractivity contribution is 6.05. The van der Waals surface area contributed by atoms with Gasteiger partial charge in [-0.05, 0) is 87.4 Å². The number of aromatic nitrogens is 1. The summed E-state index contributed by atoms with van der Waals surface area (Å²) in [5, 5.41) is 23.9. The molecule has 5 N–H and O–H groups in total. The summed E-state index contributed by atoms with van der Waals surface area (Å²) in [6.07, 6.45) is 7.38. The summed E-state index contributed by atoms with van der Waals surface area (Å²) >= 11 is 0. The average Bonchev–Trinajstić information content (AvgIpc) is 3.69. The van der Waals surface area contributed by atoms with E-state index in [2.05, 4.69) is 26.3 Å². The molecule has 10 heteroatoms. The molecule has 3 saturated carbocycles. The van der Waals surface area contributed by atoms with E-state index < -0.39 is 11.9 Å². The van der Waals surface area contributed by atoms with Crippen molar-refractivity contribution in [1.82, 2.24) is 25.4 Å². The van der Waals surface area contributed by atoms with Gasteiger partial charge in [0.1, 0.15) is 35.9 Å². The Balaban J connectivity index is 1.14. The van der Waals surface area contributed by atoms with Crippen molar-refractivity contribution in [2.45, 2.75) is 57.3 Å². The molecule has 3 aliphatic heterocycles. The van der Waals surface area contributed by atoms with Crippen LogP contribution in [0.1, 0.15) is 56.0 Å². The van der Waals surface area contributed by atoms with E-state index in [1.54, 1.807) is 12.1 Å². The third kappa shape index (κ3) is 3.38. The number of anilines is 1. The number of pyridine rings is 1. The van der Waals surface area contributed by atoms with Crippen LogP contribution in [0.15, 0.2) is 27.8 Å². The van der Waals surface area contributed by atoms with Gasteiger partial charge >= 0.3 is 0 Å². The van der Waals surface area contributed by atoms with Gasteiger partial charge < -0.3 is 26.0 Å². The van der Waals surface area contributed by atoms with E-state index in [0.717, 1.165) is 44.3 Å². The maximum atomic E-state index is 13.8. The van der Waals surface area contributed by atoms with Crippen molar-refractivity contribution in [2.75, 3.05) is 32.1 Å². The molecule has 0 radical (unpaired) electrons. The van der Waals surface area contributed by atoms with E-state index in [1.165, 1.54) is 12.8 Å². The number of aryl methyl sites for hydroxylation is 1. The second-order valence-electron chi connectivity index (χ2n) is 11.9. The minimum absolute atomic E-state index is 0.0621. The molecule has 10 nitrogen and oxygen atoms in total. The Hall–Kier alpha value is -2.69. The molecular formula is C26H35N7O3. The minimum Gasteiger partial charge on any atom is -0.373 e. The first kappa shape index (κ1) is 22.5. The molecule has 1 aromatic rings. The van der Waals surface area contributed by atoms with Crippen molar-refractivity contribution < 1.29 is 9.90 Å². The number of nitrogens with zero attached hydrogens (tertiary/aromatic N) is 3. The van der Waals surface area contributed by atoms with Gasteiger partial charge in [0.25, 0.3) is 5.56 Å². The fraction of sp³-hybridized carbons (Fsp3) is 0.654. The van der Waals surface area contributed by atoms with Gasteiger partial charge in [-0.2, -0.15) is 0 Å². The van der Waals surface area contributed by atoms with E-state index in [-0.39, 0.29) is 17.4 Å². The molecule has 4 fully saturated rings. The number of amidine groups is 1. The molecule has 36 heavy (non-hydrogen) atoms. The smallest absolute Gasteiger partial charge is 0.276 e. The van der Waals surface area contributed by atoms with E-state index in [1.807, 2.05) is 23.4 Å². The van der Waals surface area contributed by atoms with Crippen LogP contribution >= 0.6 is 0 Å². The Labute approximate surface area is 210 Å². The molecule has 3 atom stereocenters. The molecule has 0 bridgehead atoms. The van der Waals surface area contributed by atoms with Crippen molar-refractivity contribution in [1.29, 1.82) is 0 Å². The number of rotatable bonds is 3. The summed E-state index contributed by atoms with van der Waals surface area (Å²) in [5.41, 5.74) is 1.75. The maximum Gasteiger partial charge on any atom is 0.276 e. The lowest BCUT2D eigenvalue weighted by molar-refractivity contribution is -0.122. The van der Waals surface area contributed by atoms with Gasteiger partial charge in [-0.3, -0.25) is 19.5 Å². The first-order chi connectivity index (χ1) is 17.3. The van der Waals surface area contributed by atoms with E-state index in [9.17, 15) is 14.7 Å². The number of fused-ring (bicyclic) bond motifs is 3. The average molecular weight is 494 g/mol. The fourth-order valence-corrected chi connectivity index (χ4v) is 7.14. The summed E-state index contributed by atoms with van der Waals surface area (Å²) in [4.78, 5) is 33.1. The minimum atomic E-state index is -0.848. The number of piperidine rings is 1. The number of hydrogen-bond donors (Lipinski definition) is 5. The van der Waals surface area contributed by atoms with Gasteiger partial charge in [0, 0.05) is 19.0 Å². The molecule has 7 rings (SSSR count). The van der Waals surface area contributed by atoms with Gasteiger partial charge in [0.05, 0.1) is 5.69 Å². The van der Waals surface area contributed by atoms with Crippen LogP contribution in [0, 0.1) is 30.1 Å². The Morgan fingerprint density at radius 1 is 1.17 bits per heavy atom. The Kier molecular flexibility index (Phi) is 4.79. The standard InChI is InChI=1S/C26H35N7O3/c1-14-9-17(24(36)33-21(14)23(35)31-26(33)7-5-25(3-4-25)6-8-26)29-18-10-19(32(2)13-28-18)30-22(34)20-15-11-27-12-16(15)20/h9-10,15-16,20,23,27,31,35H,3-8,11-13H2,1-2H3,(H,28,29)(H,30,34). The van der Waals surface area contributed by atoms with Crippen molar-refractivity contribution in [2.24, 2.45) is 28.2 Å². The Morgan fingerprint density at radius 3 is 2.56 bits per heavy atom. The van der Waals surface area contributed by atoms with E-state index in [4.69, 9.17) is 0 Å². The van der Waals surface area contributed by atoms with Crippen molar-refractivity contribution >= 4 is 17.4 Å². The zero-order valence-electron chi connectivity index (χ0n) is 20.9. The van der Waals surface area contributed by atoms with Crippen molar-refractivity contribution in [3.05, 3.63) is 39.6 Å². The first-order valence-electron chi connectivity index (χ1n) is 13.3. The second-order valence-corrected chi connectivity index (χ2v) is 11.9. The van der Waals surface area contributed by atoms with E-state index in [0.29, 0.717) is 47.0 Å². The Morgan fingerprint density at radius 2 is 1.86 bits per heavy atom. The SMILES string of the molecule is Cc1cc(NC2=NCN(C)C(NC(=O)C3C4CNCC43)=C2)c(=O)n2c1C(O)NC21CCC2(CC2)CC1. The molecule has 3 unspecified atom stereocenters. The van der Waals surface area contributed by atoms with Gasteiger partial charge in [0.15, 0.2) is 0 Å². The fourth-order valence-electron chi connectivity index (χ4n) is 7.14. The van der Waals surface area contributed by atoms with Crippen LogP contribution in [0.3, 0.4) is 0 Å². The zero-order chi connectivity index (χ0) is 24.8. The number of aliphatic hydroxyl groups excluding tert-OH is 1. The number of carbonyl (C=O) groups excluding carboxylic acids is 1. The lowest BCUT2D eigenvalue weighted by Crippen LogP contribution is -2.50. The molecule has 1 aromatic heterocycles. The number of aliphatic hydroxyl groups is 1. The predicted octanol–water partition coefficient (Wildman–Crippen LogP) is 0.894. The van der Waals surface area contributed by atoms with Crippen molar-refractivity contribution in [3.8, 4) is 0 Å². The molecule has 2 spiro atoms. The molecule has 1 amide bonds. The highest BCUT2D eigenvalue weighted by Crippen LogP contribution is 2.59. The molecule has 1 saturated heterocycles. The van der Waals surface area contributed by atoms with Crippen LogP contribution in [-0.2, 0) is 10.5 Å². The third-order valence-corrected chi connectivity index (χ3v) is 9.67. The first-order valence-corrected chi connectivity index (χ1v) is 13.3. The summed E-state index contributed by atoms with van der Waals surface area (Å²) in [6.45, 7) is 4.15. The summed E-state index contributed by atoms with van der Waals surface area (Å²) in [5.74, 6) is 2.27. The number of carbonyl (C=O) groups is 1. The zero-order valence-corrected chi connectivity index (χ0v) is 20.9.